The molecule has 8 rings (SSSR count). The lowest BCUT2D eigenvalue weighted by molar-refractivity contribution is 1.12. The smallest absolute Gasteiger partial charge is 0.0777 e. The van der Waals surface area contributed by atoms with Crippen LogP contribution in [0, 0.1) is 0 Å². The number of hydrogen-bond acceptors (Lipinski definition) is 1. The first kappa shape index (κ1) is 24.2. The predicted octanol–water partition coefficient (Wildman–Crippen LogP) is 11.1. The van der Waals surface area contributed by atoms with E-state index in [1.165, 1.54) is 43.6 Å². The number of anilines is 3. The molecule has 0 unspecified atom stereocenters. The van der Waals surface area contributed by atoms with Gasteiger partial charge in [0.15, 0.2) is 0 Å². The van der Waals surface area contributed by atoms with E-state index in [0.717, 1.165) is 22.7 Å². The van der Waals surface area contributed by atoms with Gasteiger partial charge in [-0.05, 0) is 58.1 Å². The fourth-order valence-corrected chi connectivity index (χ4v) is 6.30. The minimum absolute atomic E-state index is 1.12. The van der Waals surface area contributed by atoms with Gasteiger partial charge in [-0.3, -0.25) is 0 Å². The Hall–Kier alpha value is -5.60. The fraction of sp³-hybridized carbons (Fsp3) is 0. The van der Waals surface area contributed by atoms with Crippen LogP contribution >= 0.6 is 0 Å². The van der Waals surface area contributed by atoms with Crippen LogP contribution in [0.25, 0.3) is 49.3 Å². The van der Waals surface area contributed by atoms with Crippen molar-refractivity contribution in [1.29, 1.82) is 0 Å². The van der Waals surface area contributed by atoms with Crippen LogP contribution in [0.4, 0.5) is 17.1 Å². The average molecular weight is 537 g/mol. The summed E-state index contributed by atoms with van der Waals surface area (Å²) in [5.74, 6) is 0. The number of nitrogens with zero attached hydrogens (tertiary/aromatic N) is 2. The van der Waals surface area contributed by atoms with E-state index in [4.69, 9.17) is 0 Å². The first-order valence-electron chi connectivity index (χ1n) is 14.4. The number of benzene rings is 7. The molecule has 0 amide bonds. The Balaban J connectivity index is 1.49. The Morgan fingerprint density at radius 1 is 0.381 bits per heavy atom. The van der Waals surface area contributed by atoms with Gasteiger partial charge in [0.1, 0.15) is 0 Å². The van der Waals surface area contributed by atoms with Crippen LogP contribution in [0.2, 0.25) is 0 Å². The summed E-state index contributed by atoms with van der Waals surface area (Å²) in [6, 6.07) is 58.6. The summed E-state index contributed by atoms with van der Waals surface area (Å²) in [5, 5.41) is 6.15. The van der Waals surface area contributed by atoms with Crippen molar-refractivity contribution in [2.45, 2.75) is 0 Å². The minimum atomic E-state index is 1.12. The summed E-state index contributed by atoms with van der Waals surface area (Å²) in [6.45, 7) is 0. The Morgan fingerprint density at radius 3 is 1.71 bits per heavy atom. The van der Waals surface area contributed by atoms with Gasteiger partial charge in [0.2, 0.25) is 0 Å². The topological polar surface area (TPSA) is 8.17 Å². The molecule has 0 fully saturated rings. The highest BCUT2D eigenvalue weighted by molar-refractivity contribution is 6.11. The van der Waals surface area contributed by atoms with E-state index in [1.54, 1.807) is 0 Å². The minimum Gasteiger partial charge on any atom is -0.314 e. The van der Waals surface area contributed by atoms with E-state index in [1.807, 2.05) is 0 Å². The maximum Gasteiger partial charge on any atom is 0.0777 e. The Bertz CT molecular complexity index is 2180. The molecule has 0 saturated carbocycles. The van der Waals surface area contributed by atoms with Gasteiger partial charge >= 0.3 is 0 Å². The zero-order valence-electron chi connectivity index (χ0n) is 23.1. The monoisotopic (exact) mass is 536 g/mol. The third-order valence-electron chi connectivity index (χ3n) is 8.18. The summed E-state index contributed by atoms with van der Waals surface area (Å²) < 4.78 is 2.36. The van der Waals surface area contributed by atoms with Gasteiger partial charge in [-0.15, -0.1) is 0 Å². The lowest BCUT2D eigenvalue weighted by Gasteiger charge is -2.28. The second kappa shape index (κ2) is 10.1. The normalized spacial score (nSPS) is 11.3. The maximum absolute atomic E-state index is 2.41. The summed E-state index contributed by atoms with van der Waals surface area (Å²) in [6.07, 6.45) is 2.32. The van der Waals surface area contributed by atoms with E-state index in [2.05, 4.69) is 179 Å². The third kappa shape index (κ3) is 3.96. The van der Waals surface area contributed by atoms with E-state index in [-0.39, 0.29) is 0 Å². The van der Waals surface area contributed by atoms with Gasteiger partial charge in [-0.2, -0.15) is 0 Å². The molecule has 2 heteroatoms. The van der Waals surface area contributed by atoms with Crippen LogP contribution in [0.1, 0.15) is 0 Å². The van der Waals surface area contributed by atoms with Crippen molar-refractivity contribution in [3.05, 3.63) is 170 Å². The van der Waals surface area contributed by atoms with Crippen LogP contribution in [0.15, 0.2) is 170 Å². The summed E-state index contributed by atoms with van der Waals surface area (Å²) in [5.41, 5.74) is 8.16. The van der Waals surface area contributed by atoms with Crippen molar-refractivity contribution in [2.75, 3.05) is 4.90 Å². The van der Waals surface area contributed by atoms with Crippen LogP contribution in [0.3, 0.4) is 0 Å². The number of aromatic nitrogens is 1. The van der Waals surface area contributed by atoms with Crippen molar-refractivity contribution in [1.82, 2.24) is 4.57 Å². The van der Waals surface area contributed by atoms with E-state index >= 15 is 0 Å². The molecule has 0 bridgehead atoms. The molecule has 0 aliphatic carbocycles. The lowest BCUT2D eigenvalue weighted by Crippen LogP contribution is -2.12. The van der Waals surface area contributed by atoms with Gasteiger partial charge in [-0.1, -0.05) is 127 Å². The fourth-order valence-electron chi connectivity index (χ4n) is 6.30. The summed E-state index contributed by atoms with van der Waals surface area (Å²) >= 11 is 0. The molecular formula is C40H28N2. The van der Waals surface area contributed by atoms with Crippen molar-refractivity contribution >= 4 is 49.5 Å². The number of rotatable bonds is 5. The van der Waals surface area contributed by atoms with Crippen LogP contribution in [0.5, 0.6) is 0 Å². The van der Waals surface area contributed by atoms with Crippen LogP contribution in [-0.2, 0) is 0 Å². The molecule has 0 aliphatic heterocycles. The van der Waals surface area contributed by atoms with E-state index < -0.39 is 0 Å². The Morgan fingerprint density at radius 2 is 0.929 bits per heavy atom. The van der Waals surface area contributed by atoms with Gasteiger partial charge in [0.25, 0.3) is 0 Å². The van der Waals surface area contributed by atoms with Crippen molar-refractivity contribution in [2.24, 2.45) is 0 Å². The zero-order valence-corrected chi connectivity index (χ0v) is 23.1. The molecule has 198 valence electrons. The second-order valence-electron chi connectivity index (χ2n) is 10.6. The predicted molar refractivity (Wildman–Crippen MR) is 178 cm³/mol. The molecule has 1 heterocycles. The first-order valence-corrected chi connectivity index (χ1v) is 14.4. The molecule has 0 N–H and O–H groups in total. The third-order valence-corrected chi connectivity index (χ3v) is 8.18. The molecule has 7 aromatic carbocycles. The van der Waals surface area contributed by atoms with Crippen LogP contribution in [-0.4, -0.2) is 4.57 Å². The number of fused-ring (bicyclic) bond motifs is 3. The molecule has 0 spiro atoms. The largest absolute Gasteiger partial charge is 0.314 e. The quantitative estimate of drug-likeness (QED) is 0.212. The summed E-state index contributed by atoms with van der Waals surface area (Å²) in [7, 11) is 0. The highest BCUT2D eigenvalue weighted by Crippen LogP contribution is 2.45. The average Bonchev–Trinajstić information content (AvgIpc) is 3.46. The van der Waals surface area contributed by atoms with Gasteiger partial charge in [0, 0.05) is 33.9 Å². The molecule has 42 heavy (non-hydrogen) atoms. The van der Waals surface area contributed by atoms with E-state index in [0.29, 0.717) is 0 Å². The standard InChI is InChI=1S/C40H28N2/c1-3-18-31(19-4-1)41-28-37(35-24-11-16-29-14-7-9-22-33(29)35)36-25-13-27-39(40(36)41)42(32-20-5-2-6-21-32)38-26-12-17-30-15-8-10-23-34(30)38/h1-28H. The highest BCUT2D eigenvalue weighted by Gasteiger charge is 2.22. The van der Waals surface area contributed by atoms with Crippen molar-refractivity contribution in [3.63, 3.8) is 0 Å². The highest BCUT2D eigenvalue weighted by atomic mass is 15.2. The number of hydrogen-bond donors (Lipinski definition) is 0. The second-order valence-corrected chi connectivity index (χ2v) is 10.6. The van der Waals surface area contributed by atoms with Gasteiger partial charge in [0.05, 0.1) is 16.9 Å². The van der Waals surface area contributed by atoms with Crippen molar-refractivity contribution in [3.8, 4) is 16.8 Å². The molecular weight excluding hydrogens is 508 g/mol. The SMILES string of the molecule is c1ccc(N(c2cccc3ccccc23)c2cccc3c(-c4cccc5ccccc45)cn(-c4ccccc4)c23)cc1. The molecule has 1 aromatic heterocycles. The van der Waals surface area contributed by atoms with E-state index in [9.17, 15) is 0 Å². The summed E-state index contributed by atoms with van der Waals surface area (Å²) in [4.78, 5) is 2.41. The maximum atomic E-state index is 2.41. The lowest BCUT2D eigenvalue weighted by atomic mass is 9.97. The molecule has 0 atom stereocenters. The molecule has 0 radical (unpaired) electrons. The molecule has 2 nitrogen and oxygen atoms in total. The molecule has 0 saturated heterocycles. The molecule has 8 aromatic rings. The number of para-hydroxylation sites is 3. The van der Waals surface area contributed by atoms with Crippen molar-refractivity contribution < 1.29 is 0 Å². The Labute approximate surface area is 245 Å². The Kier molecular flexibility index (Phi) is 5.82. The van der Waals surface area contributed by atoms with Gasteiger partial charge < -0.3 is 9.47 Å². The first-order chi connectivity index (χ1) is 20.9. The zero-order chi connectivity index (χ0) is 27.9. The van der Waals surface area contributed by atoms with Crippen LogP contribution < -0.4 is 4.90 Å². The van der Waals surface area contributed by atoms with Gasteiger partial charge in [-0.25, -0.2) is 0 Å². The molecule has 0 aliphatic rings.